The number of rotatable bonds is 0. The average Bonchev–Trinajstić information content (AvgIpc) is 2.04. The Hall–Kier alpha value is -0.490. The molecule has 0 aromatic heterocycles. The topological polar surface area (TPSA) is 0 Å². The molecule has 0 fully saturated rings. The number of hydrogen-bond acceptors (Lipinski definition) is 0. The molecule has 12 heavy (non-hydrogen) atoms. The van der Waals surface area contributed by atoms with Gasteiger partial charge >= 0.3 is 0 Å². The van der Waals surface area contributed by atoms with Gasteiger partial charge in [-0.05, 0) is 55.4 Å². The molecule has 1 heteroatoms. The Labute approximate surface area is 78.6 Å². The number of hydrogen-bond donors (Lipinski definition) is 0. The van der Waals surface area contributed by atoms with Crippen LogP contribution in [-0.2, 0) is 12.8 Å². The molecular weight excluding hydrogens is 168 g/mol. The van der Waals surface area contributed by atoms with Crippen LogP contribution in [0.2, 0.25) is 5.02 Å². The van der Waals surface area contributed by atoms with E-state index in [9.17, 15) is 0 Å². The quantitative estimate of drug-likeness (QED) is 0.573. The minimum atomic E-state index is 0.977. The maximum absolute atomic E-state index is 6.15. The fourth-order valence-electron chi connectivity index (χ4n) is 1.96. The molecule has 0 atom stereocenters. The zero-order chi connectivity index (χ0) is 8.55. The first-order valence-corrected chi connectivity index (χ1v) is 4.93. The van der Waals surface area contributed by atoms with Crippen molar-refractivity contribution in [3.8, 4) is 0 Å². The Balaban J connectivity index is 2.53. The van der Waals surface area contributed by atoms with E-state index in [0.717, 1.165) is 5.02 Å². The molecule has 0 unspecified atom stereocenters. The average molecular weight is 181 g/mol. The Morgan fingerprint density at radius 1 is 1.17 bits per heavy atom. The molecule has 1 aromatic rings. The summed E-state index contributed by atoms with van der Waals surface area (Å²) in [6.07, 6.45) is 5.02. The lowest BCUT2D eigenvalue weighted by Gasteiger charge is -2.17. The van der Waals surface area contributed by atoms with Crippen LogP contribution in [0.4, 0.5) is 0 Å². The Morgan fingerprint density at radius 3 is 2.75 bits per heavy atom. The Bertz CT molecular complexity index is 302. The number of halogens is 1. The van der Waals surface area contributed by atoms with Gasteiger partial charge in [0.25, 0.3) is 0 Å². The third-order valence-corrected chi connectivity index (χ3v) is 2.89. The molecule has 64 valence electrons. The van der Waals surface area contributed by atoms with Crippen LogP contribution in [0.25, 0.3) is 0 Å². The van der Waals surface area contributed by atoms with Gasteiger partial charge in [0.1, 0.15) is 0 Å². The zero-order valence-electron chi connectivity index (χ0n) is 7.36. The highest BCUT2D eigenvalue weighted by molar-refractivity contribution is 6.31. The van der Waals surface area contributed by atoms with Gasteiger partial charge in [0, 0.05) is 5.02 Å². The summed E-state index contributed by atoms with van der Waals surface area (Å²) in [4.78, 5) is 0. The molecule has 1 aliphatic rings. The van der Waals surface area contributed by atoms with Gasteiger partial charge in [-0.25, -0.2) is 0 Å². The van der Waals surface area contributed by atoms with Crippen molar-refractivity contribution >= 4 is 11.6 Å². The predicted molar refractivity (Wildman–Crippen MR) is 52.8 cm³/mol. The minimum absolute atomic E-state index is 0.977. The fraction of sp³-hybridized carbons (Fsp3) is 0.455. The van der Waals surface area contributed by atoms with Crippen molar-refractivity contribution in [2.75, 3.05) is 0 Å². The van der Waals surface area contributed by atoms with Crippen molar-refractivity contribution < 1.29 is 0 Å². The van der Waals surface area contributed by atoms with Crippen molar-refractivity contribution in [3.05, 3.63) is 33.8 Å². The molecule has 0 spiro atoms. The molecule has 0 saturated heterocycles. The summed E-state index contributed by atoms with van der Waals surface area (Å²) in [5, 5.41) is 0.977. The summed E-state index contributed by atoms with van der Waals surface area (Å²) in [5.74, 6) is 0. The zero-order valence-corrected chi connectivity index (χ0v) is 8.12. The summed E-state index contributed by atoms with van der Waals surface area (Å²) < 4.78 is 0. The van der Waals surface area contributed by atoms with E-state index in [1.807, 2.05) is 0 Å². The highest BCUT2D eigenvalue weighted by atomic mass is 35.5. The van der Waals surface area contributed by atoms with Crippen LogP contribution in [0.3, 0.4) is 0 Å². The predicted octanol–water partition coefficient (Wildman–Crippen LogP) is 3.53. The van der Waals surface area contributed by atoms with Crippen molar-refractivity contribution in [3.63, 3.8) is 0 Å². The lowest BCUT2D eigenvalue weighted by molar-refractivity contribution is 0.685. The van der Waals surface area contributed by atoms with E-state index in [0.29, 0.717) is 0 Å². The smallest absolute Gasteiger partial charge is 0.0443 e. The molecule has 0 bridgehead atoms. The first-order valence-electron chi connectivity index (χ1n) is 4.55. The van der Waals surface area contributed by atoms with Crippen molar-refractivity contribution in [2.24, 2.45) is 0 Å². The molecule has 1 aliphatic carbocycles. The van der Waals surface area contributed by atoms with Gasteiger partial charge in [-0.1, -0.05) is 17.7 Å². The van der Waals surface area contributed by atoms with Gasteiger partial charge in [0.05, 0.1) is 0 Å². The van der Waals surface area contributed by atoms with Crippen LogP contribution >= 0.6 is 11.6 Å². The van der Waals surface area contributed by atoms with Gasteiger partial charge in [0.2, 0.25) is 0 Å². The maximum Gasteiger partial charge on any atom is 0.0443 e. The van der Waals surface area contributed by atoms with E-state index < -0.39 is 0 Å². The normalized spacial score (nSPS) is 15.8. The first kappa shape index (κ1) is 8.12. The van der Waals surface area contributed by atoms with Crippen LogP contribution in [0.1, 0.15) is 29.5 Å². The van der Waals surface area contributed by atoms with Gasteiger partial charge in [-0.3, -0.25) is 0 Å². The Kier molecular flexibility index (Phi) is 2.10. The minimum Gasteiger partial charge on any atom is -0.0840 e. The third-order valence-electron chi connectivity index (χ3n) is 2.56. The third kappa shape index (κ3) is 1.36. The van der Waals surface area contributed by atoms with E-state index in [-0.39, 0.29) is 0 Å². The highest BCUT2D eigenvalue weighted by Gasteiger charge is 2.12. The van der Waals surface area contributed by atoms with Gasteiger partial charge in [-0.2, -0.15) is 0 Å². The summed E-state index contributed by atoms with van der Waals surface area (Å²) in [7, 11) is 0. The van der Waals surface area contributed by atoms with E-state index in [2.05, 4.69) is 19.1 Å². The molecule has 1 aromatic carbocycles. The van der Waals surface area contributed by atoms with Crippen molar-refractivity contribution in [2.45, 2.75) is 32.6 Å². The van der Waals surface area contributed by atoms with Gasteiger partial charge < -0.3 is 0 Å². The monoisotopic (exact) mass is 180 g/mol. The second-order valence-corrected chi connectivity index (χ2v) is 4.00. The van der Waals surface area contributed by atoms with E-state index in [4.69, 9.17) is 11.6 Å². The summed E-state index contributed by atoms with van der Waals surface area (Å²) in [5.41, 5.74) is 4.17. The molecular formula is C11H13Cl. The second kappa shape index (κ2) is 3.10. The largest absolute Gasteiger partial charge is 0.0840 e. The molecule has 0 nitrogen and oxygen atoms in total. The lowest BCUT2D eigenvalue weighted by Crippen LogP contribution is -2.03. The van der Waals surface area contributed by atoms with Crippen LogP contribution < -0.4 is 0 Å². The number of fused-ring (bicyclic) bond motifs is 1. The lowest BCUT2D eigenvalue weighted by atomic mass is 9.90. The second-order valence-electron chi connectivity index (χ2n) is 3.59. The standard InChI is InChI=1S/C11H13Cl/c1-8-6-9-4-2-3-5-10(9)11(12)7-8/h6-7H,2-5H2,1H3. The van der Waals surface area contributed by atoms with E-state index >= 15 is 0 Å². The first-order chi connectivity index (χ1) is 5.77. The molecule has 0 radical (unpaired) electrons. The molecule has 0 saturated carbocycles. The highest BCUT2D eigenvalue weighted by Crippen LogP contribution is 2.28. The molecule has 2 rings (SSSR count). The van der Waals surface area contributed by atoms with Crippen molar-refractivity contribution in [1.29, 1.82) is 0 Å². The molecule has 0 heterocycles. The molecule has 0 amide bonds. The van der Waals surface area contributed by atoms with Crippen molar-refractivity contribution in [1.82, 2.24) is 0 Å². The van der Waals surface area contributed by atoms with Crippen LogP contribution in [-0.4, -0.2) is 0 Å². The number of benzene rings is 1. The van der Waals surface area contributed by atoms with Gasteiger partial charge in [0.15, 0.2) is 0 Å². The van der Waals surface area contributed by atoms with Crippen LogP contribution in [0, 0.1) is 6.92 Å². The maximum atomic E-state index is 6.15. The SMILES string of the molecule is Cc1cc(Cl)c2c(c1)CCCC2. The molecule has 0 aliphatic heterocycles. The Morgan fingerprint density at radius 2 is 1.92 bits per heavy atom. The van der Waals surface area contributed by atoms with Crippen LogP contribution in [0.5, 0.6) is 0 Å². The van der Waals surface area contributed by atoms with E-state index in [1.165, 1.54) is 42.4 Å². The fourth-order valence-corrected chi connectivity index (χ4v) is 2.35. The number of aryl methyl sites for hydroxylation is 2. The molecule has 0 N–H and O–H groups in total. The summed E-state index contributed by atoms with van der Waals surface area (Å²) >= 11 is 6.15. The summed E-state index contributed by atoms with van der Waals surface area (Å²) in [6.45, 7) is 2.11. The van der Waals surface area contributed by atoms with E-state index in [1.54, 1.807) is 0 Å². The summed E-state index contributed by atoms with van der Waals surface area (Å²) in [6, 6.07) is 4.35. The van der Waals surface area contributed by atoms with Crippen LogP contribution in [0.15, 0.2) is 12.1 Å². The van der Waals surface area contributed by atoms with Gasteiger partial charge in [-0.15, -0.1) is 0 Å².